The normalized spacial score (nSPS) is 12.1. The highest BCUT2D eigenvalue weighted by Crippen LogP contribution is 2.23. The van der Waals surface area contributed by atoms with E-state index in [-0.39, 0.29) is 18.3 Å². The van der Waals surface area contributed by atoms with Crippen LogP contribution in [0.1, 0.15) is 5.69 Å². The van der Waals surface area contributed by atoms with Crippen LogP contribution in [0.5, 0.6) is 5.75 Å². The molecule has 0 unspecified atom stereocenters. The molecule has 0 spiro atoms. The fraction of sp³-hybridized carbons (Fsp3) is 0.143. The third-order valence-electron chi connectivity index (χ3n) is 2.56. The lowest BCUT2D eigenvalue weighted by Crippen LogP contribution is -2.22. The van der Waals surface area contributed by atoms with Crippen LogP contribution >= 0.6 is 11.6 Å². The van der Waals surface area contributed by atoms with Gasteiger partial charge in [0, 0.05) is 11.9 Å². The van der Waals surface area contributed by atoms with Crippen LogP contribution in [0.2, 0.25) is 5.02 Å². The number of rotatable bonds is 4. The number of alkyl halides is 3. The molecule has 0 atom stereocenters. The van der Waals surface area contributed by atoms with Gasteiger partial charge in [-0.15, -0.1) is 13.2 Å². The van der Waals surface area contributed by atoms with E-state index in [4.69, 9.17) is 17.3 Å². The number of guanidine groups is 1. The van der Waals surface area contributed by atoms with Crippen molar-refractivity contribution in [3.8, 4) is 5.75 Å². The van der Waals surface area contributed by atoms with E-state index in [0.29, 0.717) is 16.4 Å². The highest BCUT2D eigenvalue weighted by Gasteiger charge is 2.30. The van der Waals surface area contributed by atoms with E-state index < -0.39 is 6.36 Å². The number of aliphatic imine (C=N–C) groups is 1. The van der Waals surface area contributed by atoms with E-state index in [1.54, 1.807) is 12.1 Å². The fourth-order valence-corrected chi connectivity index (χ4v) is 1.71. The van der Waals surface area contributed by atoms with Crippen LogP contribution in [-0.4, -0.2) is 17.3 Å². The van der Waals surface area contributed by atoms with Crippen molar-refractivity contribution in [2.75, 3.05) is 5.32 Å². The summed E-state index contributed by atoms with van der Waals surface area (Å²) in [5, 5.41) is 3.27. The molecule has 0 fully saturated rings. The summed E-state index contributed by atoms with van der Waals surface area (Å²) in [6.45, 7) is 0.241. The molecular weight excluding hydrogens is 333 g/mol. The predicted molar refractivity (Wildman–Crippen MR) is 81.3 cm³/mol. The standard InChI is InChI=1S/C14H12ClF3N4O/c15-9-1-2-11(20-7-9)8-21-13(19)22-10-3-5-12(6-4-10)23-14(16,17)18/h1-7H,8H2,(H3,19,21,22). The molecule has 23 heavy (non-hydrogen) atoms. The molecule has 1 aromatic carbocycles. The topological polar surface area (TPSA) is 72.5 Å². The van der Waals surface area contributed by atoms with Crippen LogP contribution in [0.25, 0.3) is 0 Å². The molecule has 0 saturated carbocycles. The molecule has 0 aliphatic carbocycles. The number of anilines is 1. The first-order valence-corrected chi connectivity index (χ1v) is 6.73. The summed E-state index contributed by atoms with van der Waals surface area (Å²) in [6.07, 6.45) is -3.23. The molecule has 9 heteroatoms. The van der Waals surface area contributed by atoms with Crippen molar-refractivity contribution in [2.24, 2.45) is 10.7 Å². The van der Waals surface area contributed by atoms with Gasteiger partial charge < -0.3 is 15.8 Å². The summed E-state index contributed by atoms with van der Waals surface area (Å²) in [5.41, 5.74) is 6.85. The van der Waals surface area contributed by atoms with Crippen molar-refractivity contribution in [3.05, 3.63) is 53.3 Å². The Labute approximate surface area is 135 Å². The zero-order valence-electron chi connectivity index (χ0n) is 11.6. The molecule has 0 saturated heterocycles. The maximum atomic E-state index is 12.0. The number of halogens is 4. The maximum absolute atomic E-state index is 12.0. The van der Waals surface area contributed by atoms with Crippen molar-refractivity contribution in [1.82, 2.24) is 4.98 Å². The Hall–Kier alpha value is -2.48. The first kappa shape index (κ1) is 16.9. The van der Waals surface area contributed by atoms with E-state index in [2.05, 4.69) is 20.0 Å². The highest BCUT2D eigenvalue weighted by atomic mass is 35.5. The van der Waals surface area contributed by atoms with Gasteiger partial charge in [0.25, 0.3) is 0 Å². The summed E-state index contributed by atoms with van der Waals surface area (Å²) in [5.74, 6) is -0.213. The van der Waals surface area contributed by atoms with Gasteiger partial charge >= 0.3 is 6.36 Å². The molecule has 0 aliphatic rings. The number of aromatic nitrogens is 1. The fourth-order valence-electron chi connectivity index (χ4n) is 1.59. The summed E-state index contributed by atoms with van der Waals surface area (Å²) in [6, 6.07) is 8.52. The van der Waals surface area contributed by atoms with Crippen molar-refractivity contribution >= 4 is 23.2 Å². The van der Waals surface area contributed by atoms with Gasteiger partial charge in [0.05, 0.1) is 17.3 Å². The minimum Gasteiger partial charge on any atom is -0.406 e. The van der Waals surface area contributed by atoms with Crippen LogP contribution in [0.3, 0.4) is 0 Å². The number of benzene rings is 1. The number of ether oxygens (including phenoxy) is 1. The Bertz CT molecular complexity index is 672. The summed E-state index contributed by atoms with van der Waals surface area (Å²) >= 11 is 5.72. The van der Waals surface area contributed by atoms with Gasteiger partial charge in [-0.3, -0.25) is 4.98 Å². The third kappa shape index (κ3) is 6.03. The average molecular weight is 345 g/mol. The van der Waals surface area contributed by atoms with Gasteiger partial charge in [-0.2, -0.15) is 0 Å². The van der Waals surface area contributed by atoms with Crippen molar-refractivity contribution < 1.29 is 17.9 Å². The number of hydrogen-bond donors (Lipinski definition) is 2. The first-order chi connectivity index (χ1) is 10.8. The summed E-state index contributed by atoms with van der Waals surface area (Å²) in [4.78, 5) is 8.13. The van der Waals surface area contributed by atoms with E-state index >= 15 is 0 Å². The molecule has 0 amide bonds. The predicted octanol–water partition coefficient (Wildman–Crippen LogP) is 3.56. The molecule has 122 valence electrons. The van der Waals surface area contributed by atoms with Gasteiger partial charge in [-0.1, -0.05) is 11.6 Å². The van der Waals surface area contributed by atoms with E-state index in [1.165, 1.54) is 30.5 Å². The SMILES string of the molecule is NC(=NCc1ccc(Cl)cn1)Nc1ccc(OC(F)(F)F)cc1. The smallest absolute Gasteiger partial charge is 0.406 e. The molecule has 2 rings (SSSR count). The molecule has 3 N–H and O–H groups in total. The second-order valence-corrected chi connectivity index (χ2v) is 4.80. The number of hydrogen-bond acceptors (Lipinski definition) is 3. The lowest BCUT2D eigenvalue weighted by atomic mass is 10.3. The van der Waals surface area contributed by atoms with Gasteiger partial charge in [0.2, 0.25) is 0 Å². The van der Waals surface area contributed by atoms with Crippen LogP contribution in [0.4, 0.5) is 18.9 Å². The Morgan fingerprint density at radius 3 is 2.48 bits per heavy atom. The zero-order valence-corrected chi connectivity index (χ0v) is 12.4. The Kier molecular flexibility index (Phi) is 5.28. The first-order valence-electron chi connectivity index (χ1n) is 6.35. The largest absolute Gasteiger partial charge is 0.573 e. The number of nitrogens with zero attached hydrogens (tertiary/aromatic N) is 2. The Morgan fingerprint density at radius 2 is 1.91 bits per heavy atom. The number of pyridine rings is 1. The minimum atomic E-state index is -4.72. The molecular formula is C14H12ClF3N4O. The van der Waals surface area contributed by atoms with Crippen molar-refractivity contribution in [1.29, 1.82) is 0 Å². The highest BCUT2D eigenvalue weighted by molar-refractivity contribution is 6.30. The van der Waals surface area contributed by atoms with E-state index in [0.717, 1.165) is 0 Å². The third-order valence-corrected chi connectivity index (χ3v) is 2.78. The Balaban J connectivity index is 1.92. The van der Waals surface area contributed by atoms with Gasteiger partial charge in [0.15, 0.2) is 5.96 Å². The van der Waals surface area contributed by atoms with Gasteiger partial charge in [-0.25, -0.2) is 4.99 Å². The Morgan fingerprint density at radius 1 is 1.22 bits per heavy atom. The molecule has 0 bridgehead atoms. The van der Waals surface area contributed by atoms with Crippen LogP contribution in [0, 0.1) is 0 Å². The molecule has 0 aliphatic heterocycles. The monoisotopic (exact) mass is 344 g/mol. The van der Waals surface area contributed by atoms with Crippen molar-refractivity contribution in [2.45, 2.75) is 12.9 Å². The molecule has 1 heterocycles. The van der Waals surface area contributed by atoms with Crippen LogP contribution in [-0.2, 0) is 6.54 Å². The quantitative estimate of drug-likeness (QED) is 0.657. The maximum Gasteiger partial charge on any atom is 0.573 e. The number of nitrogens with one attached hydrogen (secondary N) is 1. The summed E-state index contributed by atoms with van der Waals surface area (Å²) < 4.78 is 39.9. The molecule has 1 aromatic heterocycles. The van der Waals surface area contributed by atoms with Crippen molar-refractivity contribution in [3.63, 3.8) is 0 Å². The minimum absolute atomic E-state index is 0.103. The lowest BCUT2D eigenvalue weighted by molar-refractivity contribution is -0.274. The second kappa shape index (κ2) is 7.19. The second-order valence-electron chi connectivity index (χ2n) is 4.37. The molecule has 2 aromatic rings. The van der Waals surface area contributed by atoms with Crippen LogP contribution in [0.15, 0.2) is 47.6 Å². The lowest BCUT2D eigenvalue weighted by Gasteiger charge is -2.10. The van der Waals surface area contributed by atoms with E-state index in [9.17, 15) is 13.2 Å². The summed E-state index contributed by atoms with van der Waals surface area (Å²) in [7, 11) is 0. The van der Waals surface area contributed by atoms with E-state index in [1.807, 2.05) is 0 Å². The van der Waals surface area contributed by atoms with Gasteiger partial charge in [0.1, 0.15) is 5.75 Å². The number of nitrogens with two attached hydrogens (primary N) is 1. The molecule has 0 radical (unpaired) electrons. The molecule has 5 nitrogen and oxygen atoms in total. The van der Waals surface area contributed by atoms with Gasteiger partial charge in [-0.05, 0) is 36.4 Å². The zero-order chi connectivity index (χ0) is 16.9. The van der Waals surface area contributed by atoms with Crippen LogP contribution < -0.4 is 15.8 Å². The average Bonchev–Trinajstić information content (AvgIpc) is 2.47.